The molecule has 26 heavy (non-hydrogen) atoms. The number of rotatable bonds is 10. The number of aryl methyl sites for hydroxylation is 1. The van der Waals surface area contributed by atoms with E-state index in [2.05, 4.69) is 15.6 Å². The number of nitrogens with two attached hydrogens (primary N) is 1. The van der Waals surface area contributed by atoms with Gasteiger partial charge in [-0.15, -0.1) is 11.3 Å². The van der Waals surface area contributed by atoms with Gasteiger partial charge in [-0.1, -0.05) is 0 Å². The fourth-order valence-electron chi connectivity index (χ4n) is 1.93. The van der Waals surface area contributed by atoms with Crippen LogP contribution in [0.2, 0.25) is 0 Å². The van der Waals surface area contributed by atoms with Gasteiger partial charge in [-0.3, -0.25) is 20.4 Å². The SMILES string of the molecule is CN/C(=C\[N+](=O)[O-])NCCCCc1csc(N(CC(F)(F)F)C(=N)N)n1. The fraction of sp³-hybridized carbons (Fsp3) is 0.538. The van der Waals surface area contributed by atoms with Gasteiger partial charge in [0.2, 0.25) is 0 Å². The number of alkyl halides is 3. The molecule has 1 aromatic heterocycles. The summed E-state index contributed by atoms with van der Waals surface area (Å²) in [7, 11) is 1.56. The largest absolute Gasteiger partial charge is 0.406 e. The van der Waals surface area contributed by atoms with Crippen molar-refractivity contribution in [2.45, 2.75) is 25.4 Å². The summed E-state index contributed by atoms with van der Waals surface area (Å²) in [5, 5.41) is 24.8. The van der Waals surface area contributed by atoms with E-state index in [9.17, 15) is 23.3 Å². The maximum Gasteiger partial charge on any atom is 0.406 e. The van der Waals surface area contributed by atoms with Crippen LogP contribution in [-0.4, -0.2) is 42.2 Å². The number of nitro groups is 1. The van der Waals surface area contributed by atoms with Gasteiger partial charge in [-0.2, -0.15) is 13.2 Å². The zero-order chi connectivity index (χ0) is 19.7. The zero-order valence-electron chi connectivity index (χ0n) is 14.0. The lowest BCUT2D eigenvalue weighted by molar-refractivity contribution is -0.404. The summed E-state index contributed by atoms with van der Waals surface area (Å²) < 4.78 is 37.6. The Balaban J connectivity index is 2.48. The van der Waals surface area contributed by atoms with Crippen LogP contribution < -0.4 is 21.3 Å². The van der Waals surface area contributed by atoms with Crippen molar-refractivity contribution in [1.29, 1.82) is 5.41 Å². The molecule has 0 bridgehead atoms. The third kappa shape index (κ3) is 8.00. The minimum atomic E-state index is -4.49. The number of unbranched alkanes of at least 4 members (excludes halogenated alkanes) is 1. The van der Waals surface area contributed by atoms with Crippen molar-refractivity contribution in [3.63, 3.8) is 0 Å². The van der Waals surface area contributed by atoms with E-state index >= 15 is 0 Å². The molecule has 0 amide bonds. The number of thiazole rings is 1. The van der Waals surface area contributed by atoms with Crippen molar-refractivity contribution in [3.05, 3.63) is 33.2 Å². The Hall–Kier alpha value is -2.57. The summed E-state index contributed by atoms with van der Waals surface area (Å²) in [6.07, 6.45) is -1.77. The average molecular weight is 395 g/mol. The van der Waals surface area contributed by atoms with Gasteiger partial charge in [0.25, 0.3) is 6.20 Å². The summed E-state index contributed by atoms with van der Waals surface area (Å²) in [6, 6.07) is 0. The van der Waals surface area contributed by atoms with E-state index in [1.165, 1.54) is 0 Å². The molecule has 9 nitrogen and oxygen atoms in total. The highest BCUT2D eigenvalue weighted by Gasteiger charge is 2.33. The van der Waals surface area contributed by atoms with Crippen LogP contribution in [0.4, 0.5) is 18.3 Å². The van der Waals surface area contributed by atoms with Gasteiger partial charge in [-0.25, -0.2) is 4.98 Å². The van der Waals surface area contributed by atoms with Gasteiger partial charge in [0, 0.05) is 19.0 Å². The molecule has 146 valence electrons. The lowest BCUT2D eigenvalue weighted by Crippen LogP contribution is -2.42. The monoisotopic (exact) mass is 395 g/mol. The minimum absolute atomic E-state index is 0.0225. The number of nitrogens with one attached hydrogen (secondary N) is 3. The summed E-state index contributed by atoms with van der Waals surface area (Å²) in [5.41, 5.74) is 5.81. The van der Waals surface area contributed by atoms with Crippen molar-refractivity contribution in [1.82, 2.24) is 15.6 Å². The van der Waals surface area contributed by atoms with Crippen LogP contribution in [0, 0.1) is 15.5 Å². The summed E-state index contributed by atoms with van der Waals surface area (Å²) in [5.74, 6) is -0.431. The topological polar surface area (TPSA) is 133 Å². The van der Waals surface area contributed by atoms with Crippen LogP contribution in [0.3, 0.4) is 0 Å². The first kappa shape index (κ1) is 21.5. The smallest absolute Gasteiger partial charge is 0.370 e. The highest BCUT2D eigenvalue weighted by Crippen LogP contribution is 2.25. The molecular formula is C13H20F3N7O2S. The van der Waals surface area contributed by atoms with E-state index in [0.29, 0.717) is 36.4 Å². The Labute approximate surface area is 151 Å². The molecule has 1 aromatic rings. The molecule has 0 radical (unpaired) electrons. The number of halogens is 3. The number of hydrogen-bond donors (Lipinski definition) is 4. The third-order valence-corrected chi connectivity index (χ3v) is 3.99. The number of hydrogen-bond acceptors (Lipinski definition) is 7. The molecule has 1 rings (SSSR count). The summed E-state index contributed by atoms with van der Waals surface area (Å²) in [6.45, 7) is -0.875. The minimum Gasteiger partial charge on any atom is -0.370 e. The van der Waals surface area contributed by atoms with E-state index < -0.39 is 23.6 Å². The van der Waals surface area contributed by atoms with Crippen LogP contribution >= 0.6 is 11.3 Å². The molecule has 0 saturated carbocycles. The highest BCUT2D eigenvalue weighted by atomic mass is 32.1. The Morgan fingerprint density at radius 1 is 1.54 bits per heavy atom. The number of nitrogens with zero attached hydrogens (tertiary/aromatic N) is 3. The second kappa shape index (κ2) is 9.79. The second-order valence-electron chi connectivity index (χ2n) is 5.17. The van der Waals surface area contributed by atoms with E-state index in [1.807, 2.05) is 0 Å². The number of anilines is 1. The van der Waals surface area contributed by atoms with Gasteiger partial charge < -0.3 is 16.4 Å². The normalized spacial score (nSPS) is 11.9. The Kier molecular flexibility index (Phi) is 8.09. The molecule has 0 aliphatic carbocycles. The molecule has 0 spiro atoms. The standard InChI is InChI=1S/C13H20F3N7O2S/c1-19-10(6-23(24)25)20-5-3-2-4-9-7-26-12(21-9)22(11(17)18)8-13(14,15)16/h6-7,19-20H,2-5,8H2,1H3,(H3,17,18)/b10-6+. The molecular weight excluding hydrogens is 375 g/mol. The van der Waals surface area contributed by atoms with Crippen molar-refractivity contribution >= 4 is 22.4 Å². The van der Waals surface area contributed by atoms with Gasteiger partial charge in [-0.05, 0) is 19.3 Å². The van der Waals surface area contributed by atoms with Crippen molar-refractivity contribution in [2.24, 2.45) is 5.73 Å². The summed E-state index contributed by atoms with van der Waals surface area (Å²) in [4.78, 5) is 14.5. The zero-order valence-corrected chi connectivity index (χ0v) is 14.8. The molecule has 0 fully saturated rings. The molecule has 1 heterocycles. The van der Waals surface area contributed by atoms with Gasteiger partial charge in [0.1, 0.15) is 6.54 Å². The number of guanidine groups is 1. The van der Waals surface area contributed by atoms with Gasteiger partial charge >= 0.3 is 6.18 Å². The van der Waals surface area contributed by atoms with Gasteiger partial charge in [0.05, 0.1) is 10.6 Å². The molecule has 5 N–H and O–H groups in total. The summed E-state index contributed by atoms with van der Waals surface area (Å²) >= 11 is 0.990. The van der Waals surface area contributed by atoms with Crippen molar-refractivity contribution < 1.29 is 18.1 Å². The average Bonchev–Trinajstić information content (AvgIpc) is 2.98. The first-order chi connectivity index (χ1) is 12.1. The maximum absolute atomic E-state index is 12.5. The van der Waals surface area contributed by atoms with Crippen LogP contribution in [0.5, 0.6) is 0 Å². The first-order valence-corrected chi connectivity index (χ1v) is 8.40. The molecule has 0 aliphatic rings. The Morgan fingerprint density at radius 3 is 2.77 bits per heavy atom. The lowest BCUT2D eigenvalue weighted by Gasteiger charge is -2.20. The molecule has 0 saturated heterocycles. The predicted octanol–water partition coefficient (Wildman–Crippen LogP) is 1.61. The van der Waals surface area contributed by atoms with Gasteiger partial charge in [0.15, 0.2) is 16.9 Å². The van der Waals surface area contributed by atoms with Crippen LogP contribution in [0.1, 0.15) is 18.5 Å². The quantitative estimate of drug-likeness (QED) is 0.155. The van der Waals surface area contributed by atoms with E-state index in [1.54, 1.807) is 12.4 Å². The van der Waals surface area contributed by atoms with Crippen molar-refractivity contribution in [2.75, 3.05) is 25.0 Å². The Bertz CT molecular complexity index is 648. The lowest BCUT2D eigenvalue weighted by atomic mass is 10.2. The van der Waals surface area contributed by atoms with E-state index in [0.717, 1.165) is 17.5 Å². The molecule has 0 aromatic carbocycles. The molecule has 0 unspecified atom stereocenters. The first-order valence-electron chi connectivity index (χ1n) is 7.52. The third-order valence-electron chi connectivity index (χ3n) is 3.08. The second-order valence-corrected chi connectivity index (χ2v) is 6.01. The van der Waals surface area contributed by atoms with E-state index in [-0.39, 0.29) is 11.0 Å². The Morgan fingerprint density at radius 2 is 2.23 bits per heavy atom. The fourth-order valence-corrected chi connectivity index (χ4v) is 2.80. The predicted molar refractivity (Wildman–Crippen MR) is 92.5 cm³/mol. The van der Waals surface area contributed by atoms with E-state index in [4.69, 9.17) is 11.1 Å². The molecule has 13 heteroatoms. The molecule has 0 atom stereocenters. The maximum atomic E-state index is 12.5. The van der Waals surface area contributed by atoms with Crippen molar-refractivity contribution in [3.8, 4) is 0 Å². The van der Waals surface area contributed by atoms with Crippen LogP contribution in [0.25, 0.3) is 0 Å². The number of aromatic nitrogens is 1. The molecule has 0 aliphatic heterocycles. The van der Waals surface area contributed by atoms with Crippen LogP contribution in [-0.2, 0) is 6.42 Å². The highest BCUT2D eigenvalue weighted by molar-refractivity contribution is 7.14. The van der Waals surface area contributed by atoms with Crippen LogP contribution in [0.15, 0.2) is 17.4 Å².